The number of hydrogen-bond donors (Lipinski definition) is 1. The van der Waals surface area contributed by atoms with E-state index in [0.29, 0.717) is 42.7 Å². The number of hydrogen-bond acceptors (Lipinski definition) is 4. The molecular weight excluding hydrogens is 484 g/mol. The van der Waals surface area contributed by atoms with Gasteiger partial charge in [0.2, 0.25) is 5.91 Å². The van der Waals surface area contributed by atoms with Crippen molar-refractivity contribution < 1.29 is 19.5 Å². The molecule has 2 amide bonds. The lowest BCUT2D eigenvalue weighted by Gasteiger charge is -2.23. The number of rotatable bonds is 7. The Morgan fingerprint density at radius 1 is 1.00 bits per heavy atom. The molecule has 0 radical (unpaired) electrons. The number of carboxylic acids is 1. The van der Waals surface area contributed by atoms with Crippen molar-refractivity contribution in [3.8, 4) is 0 Å². The number of aromatic nitrogens is 2. The second-order valence-corrected chi connectivity index (χ2v) is 9.83. The van der Waals surface area contributed by atoms with E-state index in [1.54, 1.807) is 39.6 Å². The van der Waals surface area contributed by atoms with Gasteiger partial charge < -0.3 is 14.9 Å². The molecule has 1 unspecified atom stereocenters. The van der Waals surface area contributed by atoms with Crippen LogP contribution in [0.1, 0.15) is 35.7 Å². The quantitative estimate of drug-likeness (QED) is 0.408. The van der Waals surface area contributed by atoms with Crippen molar-refractivity contribution in [1.82, 2.24) is 18.9 Å². The first-order chi connectivity index (χ1) is 18.2. The highest BCUT2D eigenvalue weighted by Gasteiger charge is 2.31. The van der Waals surface area contributed by atoms with Crippen LogP contribution in [0.2, 0.25) is 0 Å². The standard InChI is InChI=1S/C29H30N4O5/c1-19(34)30(2)23-12-14-31(18-23)28(37)21-10-11-25-26(16-21)32(15-13-27(35)36)29(38)33(25)17-22-8-5-7-20-6-3-4-9-24(20)22/h3-11,16,23H,12-15,17-18H2,1-2H3,(H,35,36). The first-order valence-electron chi connectivity index (χ1n) is 12.7. The van der Waals surface area contributed by atoms with E-state index < -0.39 is 5.97 Å². The third kappa shape index (κ3) is 4.67. The number of likely N-dealkylation sites (tertiary alicyclic amines) is 1. The average Bonchev–Trinajstić information content (AvgIpc) is 3.50. The van der Waals surface area contributed by atoms with Crippen molar-refractivity contribution in [2.45, 2.75) is 38.9 Å². The zero-order valence-corrected chi connectivity index (χ0v) is 21.5. The molecule has 1 N–H and O–H groups in total. The van der Waals surface area contributed by atoms with Gasteiger partial charge in [0.1, 0.15) is 0 Å². The number of fused-ring (bicyclic) bond motifs is 2. The largest absolute Gasteiger partial charge is 0.481 e. The molecule has 4 aromatic rings. The van der Waals surface area contributed by atoms with Crippen molar-refractivity contribution in [2.75, 3.05) is 20.1 Å². The van der Waals surface area contributed by atoms with Crippen LogP contribution in [0.25, 0.3) is 21.8 Å². The number of carboxylic acid groups (broad SMARTS) is 1. The van der Waals surface area contributed by atoms with Crippen LogP contribution >= 0.6 is 0 Å². The molecule has 9 heteroatoms. The minimum absolute atomic E-state index is 0.0000422. The summed E-state index contributed by atoms with van der Waals surface area (Å²) in [4.78, 5) is 53.4. The molecule has 5 rings (SSSR count). The fourth-order valence-electron chi connectivity index (χ4n) is 5.31. The van der Waals surface area contributed by atoms with Gasteiger partial charge in [0, 0.05) is 39.2 Å². The summed E-state index contributed by atoms with van der Waals surface area (Å²) in [6.45, 7) is 2.81. The van der Waals surface area contributed by atoms with E-state index in [4.69, 9.17) is 0 Å². The number of carbonyl (C=O) groups excluding carboxylic acids is 2. The number of benzene rings is 3. The van der Waals surface area contributed by atoms with E-state index in [2.05, 4.69) is 0 Å². The van der Waals surface area contributed by atoms with E-state index in [-0.39, 0.29) is 36.5 Å². The topological polar surface area (TPSA) is 105 Å². The number of likely N-dealkylation sites (N-methyl/N-ethyl adjacent to an activating group) is 1. The molecule has 0 spiro atoms. The molecule has 1 saturated heterocycles. The van der Waals surface area contributed by atoms with Crippen molar-refractivity contribution in [3.05, 3.63) is 82.3 Å². The second kappa shape index (κ2) is 10.2. The summed E-state index contributed by atoms with van der Waals surface area (Å²) in [5.41, 5.74) is 2.25. The van der Waals surface area contributed by atoms with Crippen LogP contribution in [0, 0.1) is 0 Å². The molecule has 2 heterocycles. The first kappa shape index (κ1) is 25.3. The Bertz CT molecular complexity index is 1610. The lowest BCUT2D eigenvalue weighted by atomic mass is 10.0. The van der Waals surface area contributed by atoms with Crippen molar-refractivity contribution >= 4 is 39.6 Å². The van der Waals surface area contributed by atoms with E-state index in [0.717, 1.165) is 16.3 Å². The predicted molar refractivity (Wildman–Crippen MR) is 144 cm³/mol. The highest BCUT2D eigenvalue weighted by Crippen LogP contribution is 2.24. The number of aliphatic carboxylic acids is 1. The van der Waals surface area contributed by atoms with E-state index >= 15 is 0 Å². The molecule has 38 heavy (non-hydrogen) atoms. The van der Waals surface area contributed by atoms with Crippen LogP contribution in [0.5, 0.6) is 0 Å². The minimum atomic E-state index is -1.00. The molecule has 0 saturated carbocycles. The minimum Gasteiger partial charge on any atom is -0.481 e. The van der Waals surface area contributed by atoms with Crippen molar-refractivity contribution in [2.24, 2.45) is 0 Å². The number of imidazole rings is 1. The van der Waals surface area contributed by atoms with Gasteiger partial charge in [-0.2, -0.15) is 0 Å². The van der Waals surface area contributed by atoms with E-state index in [1.165, 1.54) is 11.5 Å². The fourth-order valence-corrected chi connectivity index (χ4v) is 5.31. The highest BCUT2D eigenvalue weighted by molar-refractivity contribution is 5.98. The average molecular weight is 515 g/mol. The van der Waals surface area contributed by atoms with Crippen LogP contribution in [0.3, 0.4) is 0 Å². The molecule has 1 atom stereocenters. The van der Waals surface area contributed by atoms with Gasteiger partial charge in [0.05, 0.1) is 30.0 Å². The maximum Gasteiger partial charge on any atom is 0.329 e. The molecule has 1 fully saturated rings. The van der Waals surface area contributed by atoms with E-state index in [9.17, 15) is 24.3 Å². The van der Waals surface area contributed by atoms with Crippen LogP contribution in [0.15, 0.2) is 65.5 Å². The van der Waals surface area contributed by atoms with Crippen molar-refractivity contribution in [3.63, 3.8) is 0 Å². The predicted octanol–water partition coefficient (Wildman–Crippen LogP) is 3.17. The first-order valence-corrected chi connectivity index (χ1v) is 12.7. The van der Waals surface area contributed by atoms with Gasteiger partial charge in [0.25, 0.3) is 5.91 Å². The monoisotopic (exact) mass is 514 g/mol. The fraction of sp³-hybridized carbons (Fsp3) is 0.310. The second-order valence-electron chi connectivity index (χ2n) is 9.83. The maximum atomic E-state index is 13.6. The Morgan fingerprint density at radius 3 is 2.53 bits per heavy atom. The molecule has 1 aliphatic heterocycles. The molecule has 9 nitrogen and oxygen atoms in total. The molecule has 1 aromatic heterocycles. The number of carbonyl (C=O) groups is 3. The Kier molecular flexibility index (Phi) is 6.75. The normalized spacial score (nSPS) is 15.3. The van der Waals surface area contributed by atoms with Crippen LogP contribution in [0.4, 0.5) is 0 Å². The van der Waals surface area contributed by atoms with Crippen molar-refractivity contribution in [1.29, 1.82) is 0 Å². The zero-order chi connectivity index (χ0) is 27.0. The summed E-state index contributed by atoms with van der Waals surface area (Å²) in [5, 5.41) is 11.4. The lowest BCUT2D eigenvalue weighted by Crippen LogP contribution is -2.38. The van der Waals surface area contributed by atoms with Gasteiger partial charge in [0.15, 0.2) is 0 Å². The molecule has 0 aliphatic carbocycles. The summed E-state index contributed by atoms with van der Waals surface area (Å²) in [6, 6.07) is 19.1. The summed E-state index contributed by atoms with van der Waals surface area (Å²) < 4.78 is 3.09. The van der Waals surface area contributed by atoms with Gasteiger partial charge in [-0.3, -0.25) is 23.5 Å². The molecule has 196 valence electrons. The summed E-state index contributed by atoms with van der Waals surface area (Å²) in [6.07, 6.45) is 0.492. The zero-order valence-electron chi connectivity index (χ0n) is 21.5. The Labute approximate surface area is 219 Å². The Hall–Kier alpha value is -4.40. The number of nitrogens with zero attached hydrogens (tertiary/aromatic N) is 4. The van der Waals surface area contributed by atoms with Gasteiger partial charge in [-0.1, -0.05) is 42.5 Å². The van der Waals surface area contributed by atoms with Crippen LogP contribution in [-0.2, 0) is 22.7 Å². The van der Waals surface area contributed by atoms with Gasteiger partial charge >= 0.3 is 11.7 Å². The molecular formula is C29H30N4O5. The smallest absolute Gasteiger partial charge is 0.329 e. The van der Waals surface area contributed by atoms with Gasteiger partial charge in [-0.25, -0.2) is 4.79 Å². The summed E-state index contributed by atoms with van der Waals surface area (Å²) in [7, 11) is 1.74. The Balaban J connectivity index is 1.52. The number of amides is 2. The Morgan fingerprint density at radius 2 is 1.76 bits per heavy atom. The maximum absolute atomic E-state index is 13.6. The van der Waals surface area contributed by atoms with Crippen LogP contribution < -0.4 is 5.69 Å². The summed E-state index contributed by atoms with van der Waals surface area (Å²) >= 11 is 0. The molecule has 0 bridgehead atoms. The van der Waals surface area contributed by atoms with Crippen LogP contribution in [-0.4, -0.2) is 68.0 Å². The van der Waals surface area contributed by atoms with E-state index in [1.807, 2.05) is 42.5 Å². The van der Waals surface area contributed by atoms with Gasteiger partial charge in [-0.15, -0.1) is 0 Å². The lowest BCUT2D eigenvalue weighted by molar-refractivity contribution is -0.137. The summed E-state index contributed by atoms with van der Waals surface area (Å²) in [5.74, 6) is -1.22. The molecule has 1 aliphatic rings. The molecule has 3 aromatic carbocycles. The highest BCUT2D eigenvalue weighted by atomic mass is 16.4. The SMILES string of the molecule is CC(=O)N(C)C1CCN(C(=O)c2ccc3c(c2)n(CCC(=O)O)c(=O)n3Cc2cccc3ccccc23)C1. The number of aryl methyl sites for hydroxylation is 1. The third-order valence-electron chi connectivity index (χ3n) is 7.52. The third-order valence-corrected chi connectivity index (χ3v) is 7.52. The van der Waals surface area contributed by atoms with Gasteiger partial charge in [-0.05, 0) is 41.0 Å².